The highest BCUT2D eigenvalue weighted by atomic mass is 35.5. The van der Waals surface area contributed by atoms with E-state index in [0.29, 0.717) is 0 Å². The van der Waals surface area contributed by atoms with Crippen molar-refractivity contribution in [1.82, 2.24) is 0 Å². The van der Waals surface area contributed by atoms with Crippen LogP contribution in [0.15, 0.2) is 30.3 Å². The van der Waals surface area contributed by atoms with Gasteiger partial charge in [0.05, 0.1) is 0 Å². The Morgan fingerprint density at radius 2 is 1.65 bits per heavy atom. The van der Waals surface area contributed by atoms with Crippen LogP contribution in [-0.2, 0) is 28.6 Å². The molecule has 0 bridgehead atoms. The predicted molar refractivity (Wildman–Crippen MR) is 108 cm³/mol. The minimum Gasteiger partial charge on any atom is -0.449 e. The summed E-state index contributed by atoms with van der Waals surface area (Å²) < 4.78 is 5.19. The molecule has 26 heavy (non-hydrogen) atoms. The Morgan fingerprint density at radius 1 is 1.00 bits per heavy atom. The minimum atomic E-state index is -0.756. The number of hydrogen-bond acceptors (Lipinski definition) is 2. The number of ether oxygens (including phenoxy) is 1. The van der Waals surface area contributed by atoms with Gasteiger partial charge in [-0.15, -0.1) is 0 Å². The van der Waals surface area contributed by atoms with Crippen LogP contribution in [-0.4, -0.2) is 5.43 Å². The van der Waals surface area contributed by atoms with Crippen LogP contribution in [0.3, 0.4) is 0 Å². The largest absolute Gasteiger partial charge is 0.449 e. The van der Waals surface area contributed by atoms with Crippen molar-refractivity contribution in [2.45, 2.75) is 65.4 Å². The SMILES string of the molecule is CC(C)(C)c1ccc2c(c1)Cc1c-2ccc(C(C)(C)C)c1COC(=O)Cl. The highest BCUT2D eigenvalue weighted by Crippen LogP contribution is 2.43. The molecule has 0 saturated heterocycles. The summed E-state index contributed by atoms with van der Waals surface area (Å²) in [6.07, 6.45) is 0.869. The molecule has 3 heteroatoms. The summed E-state index contributed by atoms with van der Waals surface area (Å²) in [4.78, 5) is 11.2. The third kappa shape index (κ3) is 3.53. The van der Waals surface area contributed by atoms with Crippen molar-refractivity contribution >= 4 is 17.0 Å². The highest BCUT2D eigenvalue weighted by molar-refractivity contribution is 6.61. The molecule has 0 atom stereocenters. The first-order chi connectivity index (χ1) is 12.0. The monoisotopic (exact) mass is 370 g/mol. The van der Waals surface area contributed by atoms with Gasteiger partial charge in [-0.1, -0.05) is 71.9 Å². The molecule has 1 aliphatic rings. The van der Waals surface area contributed by atoms with Crippen LogP contribution >= 0.6 is 11.6 Å². The number of halogens is 1. The Hall–Kier alpha value is -1.80. The standard InChI is InChI=1S/C23H27ClO2/c1-22(2,3)15-7-8-16-14(11-15)12-18-17(16)9-10-20(23(4,5)6)19(18)13-26-21(24)25/h7-11H,12-13H2,1-6H3. The average molecular weight is 371 g/mol. The number of rotatable bonds is 2. The highest BCUT2D eigenvalue weighted by Gasteiger charge is 2.28. The second-order valence-corrected chi connectivity index (χ2v) is 9.50. The number of fused-ring (bicyclic) bond motifs is 3. The molecule has 0 saturated carbocycles. The van der Waals surface area contributed by atoms with Gasteiger partial charge in [0.25, 0.3) is 0 Å². The second kappa shape index (κ2) is 6.42. The first kappa shape index (κ1) is 19.0. The van der Waals surface area contributed by atoms with Gasteiger partial charge in [-0.2, -0.15) is 0 Å². The fraction of sp³-hybridized carbons (Fsp3) is 0.435. The maximum atomic E-state index is 11.2. The zero-order valence-corrected chi connectivity index (χ0v) is 17.3. The van der Waals surface area contributed by atoms with Crippen LogP contribution < -0.4 is 0 Å². The van der Waals surface area contributed by atoms with E-state index < -0.39 is 5.43 Å². The Kier molecular flexibility index (Phi) is 4.69. The number of carbonyl (C=O) groups excluding carboxylic acids is 1. The first-order valence-corrected chi connectivity index (χ1v) is 9.47. The van der Waals surface area contributed by atoms with Gasteiger partial charge in [0, 0.05) is 11.6 Å². The van der Waals surface area contributed by atoms with Crippen molar-refractivity contribution in [2.75, 3.05) is 0 Å². The topological polar surface area (TPSA) is 26.3 Å². The Labute approximate surface area is 161 Å². The van der Waals surface area contributed by atoms with Gasteiger partial charge in [-0.3, -0.25) is 0 Å². The second-order valence-electron chi connectivity index (χ2n) is 9.19. The van der Waals surface area contributed by atoms with E-state index in [1.165, 1.54) is 33.4 Å². The molecule has 1 aliphatic carbocycles. The summed E-state index contributed by atoms with van der Waals surface area (Å²) in [5.41, 5.74) is 8.11. The van der Waals surface area contributed by atoms with Crippen molar-refractivity contribution in [3.63, 3.8) is 0 Å². The minimum absolute atomic E-state index is 0.0333. The van der Waals surface area contributed by atoms with Crippen LogP contribution in [0.2, 0.25) is 0 Å². The molecular weight excluding hydrogens is 344 g/mol. The summed E-state index contributed by atoms with van der Waals surface area (Å²) in [5, 5.41) is 0. The Morgan fingerprint density at radius 3 is 2.23 bits per heavy atom. The van der Waals surface area contributed by atoms with Crippen molar-refractivity contribution in [3.8, 4) is 11.1 Å². The van der Waals surface area contributed by atoms with E-state index in [1.54, 1.807) is 0 Å². The lowest BCUT2D eigenvalue weighted by Gasteiger charge is -2.25. The smallest absolute Gasteiger partial charge is 0.404 e. The zero-order valence-electron chi connectivity index (χ0n) is 16.5. The van der Waals surface area contributed by atoms with E-state index in [1.807, 2.05) is 0 Å². The summed E-state index contributed by atoms with van der Waals surface area (Å²) >= 11 is 5.44. The molecule has 2 aromatic rings. The number of carbonyl (C=O) groups is 1. The summed E-state index contributed by atoms with van der Waals surface area (Å²) in [7, 11) is 0. The maximum Gasteiger partial charge on any atom is 0.404 e. The van der Waals surface area contributed by atoms with Crippen molar-refractivity contribution in [2.24, 2.45) is 0 Å². The van der Waals surface area contributed by atoms with E-state index in [9.17, 15) is 4.79 Å². The molecule has 0 spiro atoms. The Bertz CT molecular complexity index is 867. The van der Waals surface area contributed by atoms with E-state index in [4.69, 9.17) is 16.3 Å². The Balaban J connectivity index is 2.12. The van der Waals surface area contributed by atoms with Gasteiger partial charge in [0.15, 0.2) is 0 Å². The number of hydrogen-bond donors (Lipinski definition) is 0. The van der Waals surface area contributed by atoms with Crippen molar-refractivity contribution in [3.05, 3.63) is 58.1 Å². The molecule has 138 valence electrons. The van der Waals surface area contributed by atoms with Gasteiger partial charge in [-0.25, -0.2) is 4.79 Å². The van der Waals surface area contributed by atoms with Crippen molar-refractivity contribution < 1.29 is 9.53 Å². The lowest BCUT2D eigenvalue weighted by Crippen LogP contribution is -2.16. The predicted octanol–water partition coefficient (Wildman–Crippen LogP) is 6.73. The van der Waals surface area contributed by atoms with Gasteiger partial charge >= 0.3 is 5.43 Å². The normalized spacial score (nSPS) is 13.3. The number of benzene rings is 2. The molecule has 3 rings (SSSR count). The van der Waals surface area contributed by atoms with Crippen LogP contribution in [0.25, 0.3) is 11.1 Å². The molecular formula is C23H27ClO2. The van der Waals surface area contributed by atoms with Gasteiger partial charge < -0.3 is 4.74 Å². The summed E-state index contributed by atoms with van der Waals surface area (Å²) in [6, 6.07) is 11.2. The van der Waals surface area contributed by atoms with Crippen molar-refractivity contribution in [1.29, 1.82) is 0 Å². The molecule has 0 aliphatic heterocycles. The van der Waals surface area contributed by atoms with Crippen LogP contribution in [0.4, 0.5) is 4.79 Å². The molecule has 2 aromatic carbocycles. The fourth-order valence-electron chi connectivity index (χ4n) is 3.80. The molecule has 0 amide bonds. The lowest BCUT2D eigenvalue weighted by atomic mass is 9.81. The third-order valence-electron chi connectivity index (χ3n) is 5.20. The molecule has 0 unspecified atom stereocenters. The molecule has 0 radical (unpaired) electrons. The van der Waals surface area contributed by atoms with Crippen LogP contribution in [0.5, 0.6) is 0 Å². The first-order valence-electron chi connectivity index (χ1n) is 9.10. The molecule has 2 nitrogen and oxygen atoms in total. The van der Waals surface area contributed by atoms with Crippen LogP contribution in [0, 0.1) is 0 Å². The third-order valence-corrected chi connectivity index (χ3v) is 5.31. The average Bonchev–Trinajstić information content (AvgIpc) is 2.88. The van der Waals surface area contributed by atoms with Gasteiger partial charge in [0.2, 0.25) is 0 Å². The van der Waals surface area contributed by atoms with Gasteiger partial charge in [0.1, 0.15) is 6.61 Å². The quantitative estimate of drug-likeness (QED) is 0.467. The van der Waals surface area contributed by atoms with Gasteiger partial charge in [-0.05, 0) is 56.2 Å². The lowest BCUT2D eigenvalue weighted by molar-refractivity contribution is 0.166. The molecule has 0 heterocycles. The van der Waals surface area contributed by atoms with E-state index in [0.717, 1.165) is 12.0 Å². The fourth-order valence-corrected chi connectivity index (χ4v) is 3.86. The molecule has 0 N–H and O–H groups in total. The van der Waals surface area contributed by atoms with Crippen LogP contribution in [0.1, 0.15) is 69.4 Å². The van der Waals surface area contributed by atoms with E-state index in [2.05, 4.69) is 71.9 Å². The maximum absolute atomic E-state index is 11.2. The summed E-state index contributed by atoms with van der Waals surface area (Å²) in [6.45, 7) is 13.5. The summed E-state index contributed by atoms with van der Waals surface area (Å²) in [5.74, 6) is 0. The van der Waals surface area contributed by atoms with E-state index in [-0.39, 0.29) is 17.4 Å². The zero-order chi connectivity index (χ0) is 19.3. The molecule has 0 fully saturated rings. The van der Waals surface area contributed by atoms with E-state index >= 15 is 0 Å². The molecule has 0 aromatic heterocycles.